The van der Waals surface area contributed by atoms with Gasteiger partial charge >= 0.3 is 0 Å². The zero-order valence-corrected chi connectivity index (χ0v) is 12.7. The van der Waals surface area contributed by atoms with Gasteiger partial charge in [0.15, 0.2) is 5.82 Å². The summed E-state index contributed by atoms with van der Waals surface area (Å²) in [5, 5.41) is 10.7. The summed E-state index contributed by atoms with van der Waals surface area (Å²) in [4.78, 5) is 19.1. The van der Waals surface area contributed by atoms with Crippen molar-refractivity contribution in [2.75, 3.05) is 5.32 Å². The van der Waals surface area contributed by atoms with E-state index in [2.05, 4.69) is 25.5 Å². The maximum atomic E-state index is 12.1. The highest BCUT2D eigenvalue weighted by molar-refractivity contribution is 5.89. The third kappa shape index (κ3) is 3.79. The van der Waals surface area contributed by atoms with Gasteiger partial charge in [-0.3, -0.25) is 15.1 Å². The number of nitrogens with one attached hydrogen (secondary N) is 2. The molecule has 0 bridgehead atoms. The number of H-pyrrole nitrogens is 1. The molecule has 0 radical (unpaired) electrons. The molecule has 2 aromatic heterocycles. The van der Waals surface area contributed by atoms with E-state index in [0.29, 0.717) is 18.2 Å². The molecular weight excluding hydrogens is 290 g/mol. The normalized spacial score (nSPS) is 11.9. The molecule has 0 aliphatic rings. The van der Waals surface area contributed by atoms with Gasteiger partial charge in [0, 0.05) is 24.4 Å². The summed E-state index contributed by atoms with van der Waals surface area (Å²) in [5.41, 5.74) is 2.00. The van der Waals surface area contributed by atoms with E-state index < -0.39 is 0 Å². The largest absolute Gasteiger partial charge is 0.307 e. The number of aromatic amines is 1. The van der Waals surface area contributed by atoms with Gasteiger partial charge in [0.2, 0.25) is 11.9 Å². The minimum atomic E-state index is -0.0984. The number of carbonyl (C=O) groups is 1. The van der Waals surface area contributed by atoms with Crippen molar-refractivity contribution in [3.63, 3.8) is 0 Å². The molecule has 0 saturated heterocycles. The molecule has 1 amide bonds. The number of amides is 1. The molecule has 2 N–H and O–H groups in total. The maximum absolute atomic E-state index is 12.1. The van der Waals surface area contributed by atoms with Gasteiger partial charge in [0.25, 0.3) is 0 Å². The van der Waals surface area contributed by atoms with Crippen LogP contribution in [0.2, 0.25) is 0 Å². The molecule has 1 atom stereocenters. The van der Waals surface area contributed by atoms with Crippen LogP contribution in [-0.2, 0) is 4.79 Å². The minimum Gasteiger partial charge on any atom is -0.307 e. The summed E-state index contributed by atoms with van der Waals surface area (Å²) in [5.74, 6) is 0.985. The van der Waals surface area contributed by atoms with Gasteiger partial charge in [-0.05, 0) is 23.6 Å². The van der Waals surface area contributed by atoms with E-state index in [0.717, 1.165) is 11.1 Å². The van der Waals surface area contributed by atoms with E-state index in [1.54, 1.807) is 12.4 Å². The first kappa shape index (κ1) is 14.9. The number of carbonyl (C=O) groups excluding carboxylic acids is 1. The first-order valence-corrected chi connectivity index (χ1v) is 7.40. The lowest BCUT2D eigenvalue weighted by molar-refractivity contribution is -0.116. The van der Waals surface area contributed by atoms with E-state index in [-0.39, 0.29) is 11.8 Å². The lowest BCUT2D eigenvalue weighted by Crippen LogP contribution is -2.15. The third-order valence-electron chi connectivity index (χ3n) is 3.56. The predicted molar refractivity (Wildman–Crippen MR) is 87.7 cm³/mol. The Morgan fingerprint density at radius 2 is 1.87 bits per heavy atom. The van der Waals surface area contributed by atoms with Crippen molar-refractivity contribution in [1.82, 2.24) is 20.2 Å². The topological polar surface area (TPSA) is 83.6 Å². The Bertz CT molecular complexity index is 770. The Morgan fingerprint density at radius 3 is 2.61 bits per heavy atom. The molecule has 0 fully saturated rings. The van der Waals surface area contributed by atoms with Crippen molar-refractivity contribution in [1.29, 1.82) is 0 Å². The maximum Gasteiger partial charge on any atom is 0.228 e. The highest BCUT2D eigenvalue weighted by Gasteiger charge is 2.13. The Morgan fingerprint density at radius 1 is 1.13 bits per heavy atom. The molecule has 2 heterocycles. The molecule has 3 aromatic rings. The molecule has 0 unspecified atom stereocenters. The zero-order valence-electron chi connectivity index (χ0n) is 12.7. The first-order chi connectivity index (χ1) is 11.2. The van der Waals surface area contributed by atoms with Crippen LogP contribution in [0.5, 0.6) is 0 Å². The van der Waals surface area contributed by atoms with Gasteiger partial charge in [-0.15, -0.1) is 10.2 Å². The quantitative estimate of drug-likeness (QED) is 0.759. The van der Waals surface area contributed by atoms with Crippen LogP contribution in [0.1, 0.15) is 24.8 Å². The summed E-state index contributed by atoms with van der Waals surface area (Å²) in [6.45, 7) is 2.03. The third-order valence-corrected chi connectivity index (χ3v) is 3.56. The van der Waals surface area contributed by atoms with Crippen LogP contribution < -0.4 is 5.32 Å². The molecular formula is C17H17N5O. The van der Waals surface area contributed by atoms with Gasteiger partial charge in [-0.1, -0.05) is 37.3 Å². The first-order valence-electron chi connectivity index (χ1n) is 7.40. The standard InChI is InChI=1S/C17H17N5O/c1-12(13-5-3-2-4-6-13)11-15(23)19-17-20-16(21-22-17)14-7-9-18-10-8-14/h2-10,12H,11H2,1H3,(H2,19,20,21,22,23)/t12-/m1/s1. The molecule has 3 rings (SSSR count). The number of hydrogen-bond acceptors (Lipinski definition) is 4. The molecule has 116 valence electrons. The average Bonchev–Trinajstić information content (AvgIpc) is 3.04. The molecule has 6 heteroatoms. The summed E-state index contributed by atoms with van der Waals surface area (Å²) in [7, 11) is 0. The summed E-state index contributed by atoms with van der Waals surface area (Å²) >= 11 is 0. The summed E-state index contributed by atoms with van der Waals surface area (Å²) in [6.07, 6.45) is 3.74. The SMILES string of the molecule is C[C@H](CC(=O)Nc1nnc(-c2ccncc2)[nH]1)c1ccccc1. The van der Waals surface area contributed by atoms with Crippen LogP contribution in [0.3, 0.4) is 0 Å². The van der Waals surface area contributed by atoms with Crippen LogP contribution in [0.25, 0.3) is 11.4 Å². The van der Waals surface area contributed by atoms with Gasteiger partial charge in [0.05, 0.1) is 0 Å². The summed E-state index contributed by atoms with van der Waals surface area (Å²) < 4.78 is 0. The van der Waals surface area contributed by atoms with E-state index in [1.807, 2.05) is 49.4 Å². The number of hydrogen-bond donors (Lipinski definition) is 2. The molecule has 0 aliphatic heterocycles. The number of anilines is 1. The van der Waals surface area contributed by atoms with Crippen molar-refractivity contribution in [3.05, 3.63) is 60.4 Å². The Kier molecular flexibility index (Phi) is 4.42. The Hall–Kier alpha value is -3.02. The average molecular weight is 307 g/mol. The molecule has 6 nitrogen and oxygen atoms in total. The van der Waals surface area contributed by atoms with Crippen LogP contribution in [0, 0.1) is 0 Å². The van der Waals surface area contributed by atoms with Crippen molar-refractivity contribution in [2.24, 2.45) is 0 Å². The fraction of sp³-hybridized carbons (Fsp3) is 0.176. The van der Waals surface area contributed by atoms with Crippen LogP contribution in [0.4, 0.5) is 5.95 Å². The van der Waals surface area contributed by atoms with E-state index in [4.69, 9.17) is 0 Å². The van der Waals surface area contributed by atoms with Crippen LogP contribution in [-0.4, -0.2) is 26.1 Å². The lowest BCUT2D eigenvalue weighted by Gasteiger charge is -2.10. The second-order valence-electron chi connectivity index (χ2n) is 5.32. The second-order valence-corrected chi connectivity index (χ2v) is 5.32. The Balaban J connectivity index is 1.61. The van der Waals surface area contributed by atoms with Gasteiger partial charge < -0.3 is 4.98 Å². The number of benzene rings is 1. The molecule has 23 heavy (non-hydrogen) atoms. The van der Waals surface area contributed by atoms with Gasteiger partial charge in [0.1, 0.15) is 0 Å². The van der Waals surface area contributed by atoms with Crippen LogP contribution in [0.15, 0.2) is 54.9 Å². The van der Waals surface area contributed by atoms with Crippen LogP contribution >= 0.6 is 0 Å². The Labute approximate surface area is 134 Å². The van der Waals surface area contributed by atoms with Crippen molar-refractivity contribution in [3.8, 4) is 11.4 Å². The van der Waals surface area contributed by atoms with Gasteiger partial charge in [-0.2, -0.15) is 0 Å². The molecule has 0 spiro atoms. The fourth-order valence-corrected chi connectivity index (χ4v) is 2.32. The van der Waals surface area contributed by atoms with Crippen molar-refractivity contribution < 1.29 is 4.79 Å². The number of aromatic nitrogens is 4. The van der Waals surface area contributed by atoms with Gasteiger partial charge in [-0.25, -0.2) is 0 Å². The molecule has 0 saturated carbocycles. The highest BCUT2D eigenvalue weighted by Crippen LogP contribution is 2.19. The summed E-state index contributed by atoms with van der Waals surface area (Å²) in [6, 6.07) is 13.6. The smallest absolute Gasteiger partial charge is 0.228 e. The number of pyridine rings is 1. The van der Waals surface area contributed by atoms with Crippen molar-refractivity contribution in [2.45, 2.75) is 19.3 Å². The monoisotopic (exact) mass is 307 g/mol. The second kappa shape index (κ2) is 6.83. The number of nitrogens with zero attached hydrogens (tertiary/aromatic N) is 3. The van der Waals surface area contributed by atoms with E-state index >= 15 is 0 Å². The predicted octanol–water partition coefficient (Wildman–Crippen LogP) is 3.00. The minimum absolute atomic E-state index is 0.0984. The van der Waals surface area contributed by atoms with E-state index in [9.17, 15) is 4.79 Å². The van der Waals surface area contributed by atoms with E-state index in [1.165, 1.54) is 0 Å². The highest BCUT2D eigenvalue weighted by atomic mass is 16.1. The fourth-order valence-electron chi connectivity index (χ4n) is 2.32. The molecule has 1 aromatic carbocycles. The number of rotatable bonds is 5. The molecule has 0 aliphatic carbocycles. The lowest BCUT2D eigenvalue weighted by atomic mass is 9.98. The van der Waals surface area contributed by atoms with Crippen molar-refractivity contribution >= 4 is 11.9 Å². The zero-order chi connectivity index (χ0) is 16.1.